The summed E-state index contributed by atoms with van der Waals surface area (Å²) < 4.78 is 11.6. The zero-order valence-corrected chi connectivity index (χ0v) is 18.3. The van der Waals surface area contributed by atoms with Gasteiger partial charge in [0.05, 0.1) is 17.7 Å². The van der Waals surface area contributed by atoms with Gasteiger partial charge in [-0.15, -0.1) is 0 Å². The van der Waals surface area contributed by atoms with E-state index in [-0.39, 0.29) is 5.91 Å². The first-order chi connectivity index (χ1) is 13.8. The van der Waals surface area contributed by atoms with Crippen LogP contribution in [0.25, 0.3) is 0 Å². The van der Waals surface area contributed by atoms with Crippen LogP contribution in [-0.4, -0.2) is 72.6 Å². The van der Waals surface area contributed by atoms with E-state index in [0.717, 1.165) is 56.8 Å². The number of benzene rings is 1. The number of ether oxygens (including phenoxy) is 2. The molecule has 3 rings (SSSR count). The lowest BCUT2D eigenvalue weighted by Gasteiger charge is -2.53. The first-order valence-corrected chi connectivity index (χ1v) is 10.8. The van der Waals surface area contributed by atoms with Gasteiger partial charge in [-0.2, -0.15) is 0 Å². The minimum Gasteiger partial charge on any atom is -0.388 e. The smallest absolute Gasteiger partial charge is 0.252 e. The lowest BCUT2D eigenvalue weighted by atomic mass is 9.73. The van der Waals surface area contributed by atoms with Crippen molar-refractivity contribution in [2.75, 3.05) is 39.5 Å². The highest BCUT2D eigenvalue weighted by Gasteiger charge is 2.53. The van der Waals surface area contributed by atoms with E-state index in [9.17, 15) is 9.90 Å². The van der Waals surface area contributed by atoms with Gasteiger partial charge in [0.25, 0.3) is 5.91 Å². The van der Waals surface area contributed by atoms with E-state index >= 15 is 0 Å². The fourth-order valence-electron chi connectivity index (χ4n) is 4.70. The number of nitrogens with zero attached hydrogens (tertiary/aromatic N) is 1. The molecular weight excluding hydrogens is 368 g/mol. The van der Waals surface area contributed by atoms with Crippen molar-refractivity contribution in [2.45, 2.75) is 64.2 Å². The molecule has 0 radical (unpaired) electrons. The molecule has 6 heteroatoms. The monoisotopic (exact) mass is 404 g/mol. The molecule has 2 heterocycles. The van der Waals surface area contributed by atoms with Gasteiger partial charge in [0.1, 0.15) is 6.10 Å². The number of carbonyl (C=O) groups is 1. The number of aryl methyl sites for hydroxylation is 2. The summed E-state index contributed by atoms with van der Waals surface area (Å²) in [6.07, 6.45) is 1.37. The molecule has 0 unspecified atom stereocenters. The average molecular weight is 405 g/mol. The SMILES string of the molecule is CCOCCN1CCC2(CC1)OCC[C@](C)(NC(=O)c1ccc(C)cc1C)[C@H]2O. The van der Waals surface area contributed by atoms with Crippen molar-refractivity contribution in [3.63, 3.8) is 0 Å². The quantitative estimate of drug-likeness (QED) is 0.713. The van der Waals surface area contributed by atoms with Crippen LogP contribution in [0, 0.1) is 13.8 Å². The molecule has 2 fully saturated rings. The first kappa shape index (κ1) is 22.2. The Labute approximate surface area is 174 Å². The van der Waals surface area contributed by atoms with E-state index in [1.165, 1.54) is 0 Å². The Hall–Kier alpha value is -1.47. The second-order valence-corrected chi connectivity index (χ2v) is 8.79. The van der Waals surface area contributed by atoms with E-state index in [2.05, 4.69) is 10.2 Å². The third-order valence-corrected chi connectivity index (χ3v) is 6.60. The van der Waals surface area contributed by atoms with Crippen LogP contribution in [0.4, 0.5) is 0 Å². The zero-order chi connectivity index (χ0) is 21.1. The van der Waals surface area contributed by atoms with E-state index < -0.39 is 17.2 Å². The predicted molar refractivity (Wildman–Crippen MR) is 113 cm³/mol. The number of hydrogen-bond acceptors (Lipinski definition) is 5. The highest BCUT2D eigenvalue weighted by atomic mass is 16.5. The molecule has 1 aromatic rings. The van der Waals surface area contributed by atoms with Gasteiger partial charge in [-0.25, -0.2) is 0 Å². The number of rotatable bonds is 6. The van der Waals surface area contributed by atoms with Gasteiger partial charge >= 0.3 is 0 Å². The predicted octanol–water partition coefficient (Wildman–Crippen LogP) is 2.44. The summed E-state index contributed by atoms with van der Waals surface area (Å²) in [6.45, 7) is 12.6. The van der Waals surface area contributed by atoms with Crippen LogP contribution in [0.5, 0.6) is 0 Å². The number of nitrogens with one attached hydrogen (secondary N) is 1. The maximum absolute atomic E-state index is 13.0. The number of likely N-dealkylation sites (tertiary alicyclic amines) is 1. The van der Waals surface area contributed by atoms with Crippen molar-refractivity contribution < 1.29 is 19.4 Å². The average Bonchev–Trinajstić information content (AvgIpc) is 2.68. The summed E-state index contributed by atoms with van der Waals surface area (Å²) in [7, 11) is 0. The lowest BCUT2D eigenvalue weighted by molar-refractivity contribution is -0.205. The highest BCUT2D eigenvalue weighted by molar-refractivity contribution is 5.96. The fraction of sp³-hybridized carbons (Fsp3) is 0.696. The molecule has 2 aliphatic heterocycles. The maximum Gasteiger partial charge on any atom is 0.252 e. The summed E-state index contributed by atoms with van der Waals surface area (Å²) in [4.78, 5) is 15.3. The van der Waals surface area contributed by atoms with Crippen LogP contribution in [0.3, 0.4) is 0 Å². The Morgan fingerprint density at radius 1 is 1.31 bits per heavy atom. The molecule has 0 aromatic heterocycles. The Bertz CT molecular complexity index is 715. The van der Waals surface area contributed by atoms with Crippen molar-refractivity contribution in [3.8, 4) is 0 Å². The van der Waals surface area contributed by atoms with Crippen molar-refractivity contribution in [3.05, 3.63) is 34.9 Å². The third-order valence-electron chi connectivity index (χ3n) is 6.60. The largest absolute Gasteiger partial charge is 0.388 e. The molecule has 0 saturated carbocycles. The van der Waals surface area contributed by atoms with Crippen LogP contribution in [0.1, 0.15) is 54.6 Å². The zero-order valence-electron chi connectivity index (χ0n) is 18.3. The Balaban J connectivity index is 1.66. The molecule has 2 atom stereocenters. The first-order valence-electron chi connectivity index (χ1n) is 10.8. The molecule has 6 nitrogen and oxygen atoms in total. The maximum atomic E-state index is 13.0. The second kappa shape index (κ2) is 9.13. The molecule has 1 spiro atoms. The van der Waals surface area contributed by atoms with Gasteiger partial charge in [0.2, 0.25) is 0 Å². The minimum atomic E-state index is -0.743. The molecule has 29 heavy (non-hydrogen) atoms. The highest BCUT2D eigenvalue weighted by Crippen LogP contribution is 2.40. The molecule has 0 bridgehead atoms. The Kier molecular flexibility index (Phi) is 6.99. The molecule has 0 aliphatic carbocycles. The van der Waals surface area contributed by atoms with Crippen LogP contribution in [-0.2, 0) is 9.47 Å². The second-order valence-electron chi connectivity index (χ2n) is 8.79. The number of aliphatic hydroxyl groups excluding tert-OH is 1. The number of piperidine rings is 1. The van der Waals surface area contributed by atoms with Crippen molar-refractivity contribution >= 4 is 5.91 Å². The standard InChI is InChI=1S/C23H36N2O4/c1-5-28-15-13-25-11-8-23(9-12-25)21(27)22(4,10-14-29-23)24-20(26)19-7-6-17(2)16-18(19)3/h6-7,16,21,27H,5,8-15H2,1-4H3,(H,24,26)/t21-,22+/m1/s1. The summed E-state index contributed by atoms with van der Waals surface area (Å²) >= 11 is 0. The number of amides is 1. The van der Waals surface area contributed by atoms with Gasteiger partial charge in [0.15, 0.2) is 0 Å². The fourth-order valence-corrected chi connectivity index (χ4v) is 4.70. The van der Waals surface area contributed by atoms with Crippen LogP contribution in [0.15, 0.2) is 18.2 Å². The summed E-state index contributed by atoms with van der Waals surface area (Å²) in [5.41, 5.74) is 1.44. The van der Waals surface area contributed by atoms with Crippen molar-refractivity contribution in [1.82, 2.24) is 10.2 Å². The van der Waals surface area contributed by atoms with Gasteiger partial charge in [-0.05, 0) is 58.6 Å². The minimum absolute atomic E-state index is 0.129. The molecule has 2 saturated heterocycles. The van der Waals surface area contributed by atoms with Crippen LogP contribution < -0.4 is 5.32 Å². The molecule has 2 N–H and O–H groups in total. The Morgan fingerprint density at radius 3 is 2.69 bits per heavy atom. The van der Waals surface area contributed by atoms with Crippen LogP contribution >= 0.6 is 0 Å². The Morgan fingerprint density at radius 2 is 2.03 bits per heavy atom. The summed E-state index contributed by atoms with van der Waals surface area (Å²) in [5, 5.41) is 14.5. The number of carbonyl (C=O) groups excluding carboxylic acids is 1. The van der Waals surface area contributed by atoms with Gasteiger partial charge in [0, 0.05) is 38.4 Å². The van der Waals surface area contributed by atoms with Crippen molar-refractivity contribution in [2.24, 2.45) is 0 Å². The third kappa shape index (κ3) is 4.82. The molecule has 2 aliphatic rings. The van der Waals surface area contributed by atoms with Gasteiger partial charge in [-0.3, -0.25) is 4.79 Å². The van der Waals surface area contributed by atoms with Gasteiger partial charge in [-0.1, -0.05) is 17.7 Å². The van der Waals surface area contributed by atoms with E-state index in [4.69, 9.17) is 9.47 Å². The number of aliphatic hydroxyl groups is 1. The van der Waals surface area contributed by atoms with Gasteiger partial charge < -0.3 is 24.8 Å². The molecule has 1 aromatic carbocycles. The normalized spacial score (nSPS) is 27.1. The van der Waals surface area contributed by atoms with E-state index in [1.54, 1.807) is 0 Å². The number of hydrogen-bond donors (Lipinski definition) is 2. The summed E-state index contributed by atoms with van der Waals surface area (Å²) in [5.74, 6) is -0.129. The topological polar surface area (TPSA) is 71.0 Å². The molecule has 1 amide bonds. The van der Waals surface area contributed by atoms with Crippen LogP contribution in [0.2, 0.25) is 0 Å². The molecule has 162 valence electrons. The van der Waals surface area contributed by atoms with Crippen molar-refractivity contribution in [1.29, 1.82) is 0 Å². The summed E-state index contributed by atoms with van der Waals surface area (Å²) in [6, 6.07) is 5.82. The van der Waals surface area contributed by atoms with E-state index in [0.29, 0.717) is 18.6 Å². The van der Waals surface area contributed by atoms with E-state index in [1.807, 2.05) is 45.9 Å². The molecular formula is C23H36N2O4. The lowest BCUT2D eigenvalue weighted by Crippen LogP contribution is -2.69.